The van der Waals surface area contributed by atoms with E-state index >= 15 is 0 Å². The number of aryl methyl sites for hydroxylation is 1. The fourth-order valence-corrected chi connectivity index (χ4v) is 1.16. The Hall–Kier alpha value is -1.98. The van der Waals surface area contributed by atoms with Crippen LogP contribution in [0.15, 0.2) is 18.2 Å². The molecule has 0 fully saturated rings. The third-order valence-electron chi connectivity index (χ3n) is 1.91. The molecule has 17 heavy (non-hydrogen) atoms. The minimum absolute atomic E-state index is 0.0594. The van der Waals surface area contributed by atoms with Gasteiger partial charge in [-0.25, -0.2) is 9.18 Å². The van der Waals surface area contributed by atoms with Gasteiger partial charge >= 0.3 is 12.6 Å². The van der Waals surface area contributed by atoms with Crippen LogP contribution in [0.3, 0.4) is 0 Å². The van der Waals surface area contributed by atoms with Crippen LogP contribution in [0.25, 0.3) is 6.08 Å². The molecule has 0 amide bonds. The third kappa shape index (κ3) is 3.82. The predicted octanol–water partition coefficient (Wildman–Crippen LogP) is 2.83. The van der Waals surface area contributed by atoms with Crippen molar-refractivity contribution in [2.45, 2.75) is 13.5 Å². The maximum Gasteiger partial charge on any atom is 0.387 e. The summed E-state index contributed by atoms with van der Waals surface area (Å²) in [5.41, 5.74) is 0.0731. The van der Waals surface area contributed by atoms with Crippen LogP contribution < -0.4 is 4.74 Å². The van der Waals surface area contributed by atoms with Crippen molar-refractivity contribution < 1.29 is 27.8 Å². The van der Waals surface area contributed by atoms with Crippen LogP contribution in [0, 0.1) is 12.7 Å². The summed E-state index contributed by atoms with van der Waals surface area (Å²) in [6.07, 6.45) is 1.70. The molecule has 1 aromatic carbocycles. The van der Waals surface area contributed by atoms with E-state index in [0.29, 0.717) is 6.08 Å². The van der Waals surface area contributed by atoms with E-state index in [1.807, 2.05) is 0 Å². The molecule has 0 aromatic heterocycles. The average Bonchev–Trinajstić information content (AvgIpc) is 2.20. The molecular weight excluding hydrogens is 237 g/mol. The van der Waals surface area contributed by atoms with Gasteiger partial charge in [-0.05, 0) is 30.7 Å². The summed E-state index contributed by atoms with van der Waals surface area (Å²) < 4.78 is 41.5. The largest absolute Gasteiger partial charge is 0.478 e. The van der Waals surface area contributed by atoms with Gasteiger partial charge in [0.05, 0.1) is 0 Å². The van der Waals surface area contributed by atoms with Crippen molar-refractivity contribution in [3.8, 4) is 5.75 Å². The molecule has 0 atom stereocenters. The highest BCUT2D eigenvalue weighted by molar-refractivity contribution is 5.85. The first-order chi connectivity index (χ1) is 7.90. The van der Waals surface area contributed by atoms with Crippen molar-refractivity contribution in [2.75, 3.05) is 0 Å². The molecule has 1 N–H and O–H groups in total. The zero-order valence-electron chi connectivity index (χ0n) is 8.78. The summed E-state index contributed by atoms with van der Waals surface area (Å²) in [7, 11) is 0. The number of hydrogen-bond donors (Lipinski definition) is 1. The summed E-state index contributed by atoms with van der Waals surface area (Å²) in [5, 5.41) is 8.40. The average molecular weight is 246 g/mol. The lowest BCUT2D eigenvalue weighted by Gasteiger charge is -2.09. The van der Waals surface area contributed by atoms with Gasteiger partial charge in [0.1, 0.15) is 11.6 Å². The molecule has 0 saturated heterocycles. The number of alkyl halides is 2. The molecule has 0 bridgehead atoms. The van der Waals surface area contributed by atoms with E-state index in [1.165, 1.54) is 6.92 Å². The van der Waals surface area contributed by atoms with E-state index in [2.05, 4.69) is 4.74 Å². The van der Waals surface area contributed by atoms with Gasteiger partial charge in [-0.1, -0.05) is 0 Å². The highest BCUT2D eigenvalue weighted by Gasteiger charge is 2.11. The van der Waals surface area contributed by atoms with E-state index in [0.717, 1.165) is 18.2 Å². The number of rotatable bonds is 4. The number of carbonyl (C=O) groups is 1. The van der Waals surface area contributed by atoms with Crippen molar-refractivity contribution in [3.05, 3.63) is 35.2 Å². The van der Waals surface area contributed by atoms with Gasteiger partial charge in [0.15, 0.2) is 0 Å². The Morgan fingerprint density at radius 2 is 2.12 bits per heavy atom. The van der Waals surface area contributed by atoms with Crippen molar-refractivity contribution >= 4 is 12.0 Å². The molecule has 0 unspecified atom stereocenters. The molecule has 3 nitrogen and oxygen atoms in total. The summed E-state index contributed by atoms with van der Waals surface area (Å²) in [6, 6.07) is 2.02. The minimum Gasteiger partial charge on any atom is -0.478 e. The van der Waals surface area contributed by atoms with E-state index in [-0.39, 0.29) is 16.9 Å². The number of carboxylic acids is 1. The molecule has 0 spiro atoms. The lowest BCUT2D eigenvalue weighted by Crippen LogP contribution is -2.04. The van der Waals surface area contributed by atoms with Crippen LogP contribution in [-0.4, -0.2) is 17.7 Å². The zero-order chi connectivity index (χ0) is 13.0. The van der Waals surface area contributed by atoms with Crippen LogP contribution in [0.5, 0.6) is 5.75 Å². The molecule has 0 aliphatic rings. The molecule has 0 aliphatic heterocycles. The van der Waals surface area contributed by atoms with Crippen LogP contribution in [0.4, 0.5) is 13.2 Å². The second-order valence-electron chi connectivity index (χ2n) is 3.19. The van der Waals surface area contributed by atoms with Crippen LogP contribution >= 0.6 is 0 Å². The van der Waals surface area contributed by atoms with E-state index in [1.54, 1.807) is 0 Å². The number of aliphatic carboxylic acids is 1. The summed E-state index contributed by atoms with van der Waals surface area (Å²) in [5.74, 6) is -2.16. The highest BCUT2D eigenvalue weighted by atomic mass is 19.3. The topological polar surface area (TPSA) is 46.5 Å². The van der Waals surface area contributed by atoms with E-state index in [4.69, 9.17) is 5.11 Å². The predicted molar refractivity (Wildman–Crippen MR) is 54.4 cm³/mol. The summed E-state index contributed by atoms with van der Waals surface area (Å²) in [6.45, 7) is -1.67. The molecule has 1 aromatic rings. The summed E-state index contributed by atoms with van der Waals surface area (Å²) in [4.78, 5) is 10.3. The maximum atomic E-state index is 13.2. The SMILES string of the molecule is Cc1cc(OC(F)F)c(/C=C/C(=O)O)cc1F. The van der Waals surface area contributed by atoms with E-state index < -0.39 is 18.4 Å². The van der Waals surface area contributed by atoms with Gasteiger partial charge in [-0.3, -0.25) is 0 Å². The molecule has 92 valence electrons. The second-order valence-corrected chi connectivity index (χ2v) is 3.19. The van der Waals surface area contributed by atoms with Crippen molar-refractivity contribution in [2.24, 2.45) is 0 Å². The standard InChI is InChI=1S/C11H9F3O3/c1-6-4-9(17-11(13)14)7(5-8(6)12)2-3-10(15)16/h2-5,11H,1H3,(H,15,16)/b3-2+. The Bertz CT molecular complexity index is 456. The highest BCUT2D eigenvalue weighted by Crippen LogP contribution is 2.25. The van der Waals surface area contributed by atoms with Gasteiger partial charge in [-0.15, -0.1) is 0 Å². The zero-order valence-corrected chi connectivity index (χ0v) is 8.78. The Morgan fingerprint density at radius 1 is 1.47 bits per heavy atom. The Balaban J connectivity index is 3.15. The second kappa shape index (κ2) is 5.38. The van der Waals surface area contributed by atoms with Gasteiger partial charge < -0.3 is 9.84 Å². The lowest BCUT2D eigenvalue weighted by atomic mass is 10.1. The van der Waals surface area contributed by atoms with Crippen molar-refractivity contribution in [1.29, 1.82) is 0 Å². The van der Waals surface area contributed by atoms with Gasteiger partial charge in [0, 0.05) is 11.6 Å². The first-order valence-corrected chi connectivity index (χ1v) is 4.56. The Kier molecular flexibility index (Phi) is 4.14. The molecule has 6 heteroatoms. The number of carboxylic acid groups (broad SMARTS) is 1. The number of hydrogen-bond acceptors (Lipinski definition) is 2. The van der Waals surface area contributed by atoms with Crippen LogP contribution in [0.2, 0.25) is 0 Å². The lowest BCUT2D eigenvalue weighted by molar-refractivity contribution is -0.131. The molecular formula is C11H9F3O3. The molecule has 0 saturated carbocycles. The normalized spacial score (nSPS) is 11.1. The van der Waals surface area contributed by atoms with Crippen molar-refractivity contribution in [1.82, 2.24) is 0 Å². The Morgan fingerprint density at radius 3 is 2.65 bits per heavy atom. The van der Waals surface area contributed by atoms with Crippen LogP contribution in [-0.2, 0) is 4.79 Å². The minimum atomic E-state index is -3.06. The maximum absolute atomic E-state index is 13.2. The monoisotopic (exact) mass is 246 g/mol. The fraction of sp³-hybridized carbons (Fsp3) is 0.182. The van der Waals surface area contributed by atoms with Crippen molar-refractivity contribution in [3.63, 3.8) is 0 Å². The first-order valence-electron chi connectivity index (χ1n) is 4.56. The van der Waals surface area contributed by atoms with Gasteiger partial charge in [0.25, 0.3) is 0 Å². The quantitative estimate of drug-likeness (QED) is 0.831. The number of ether oxygens (including phenoxy) is 1. The molecule has 1 rings (SSSR count). The first kappa shape index (κ1) is 13.1. The fourth-order valence-electron chi connectivity index (χ4n) is 1.16. The van der Waals surface area contributed by atoms with Crippen LogP contribution in [0.1, 0.15) is 11.1 Å². The molecule has 0 heterocycles. The Labute approximate surface area is 95.1 Å². The smallest absolute Gasteiger partial charge is 0.387 e. The molecule has 0 radical (unpaired) electrons. The van der Waals surface area contributed by atoms with E-state index in [9.17, 15) is 18.0 Å². The third-order valence-corrected chi connectivity index (χ3v) is 1.91. The van der Waals surface area contributed by atoms with Gasteiger partial charge in [-0.2, -0.15) is 8.78 Å². The van der Waals surface area contributed by atoms with Gasteiger partial charge in [0.2, 0.25) is 0 Å². The number of benzene rings is 1. The molecule has 0 aliphatic carbocycles. The number of halogens is 3. The summed E-state index contributed by atoms with van der Waals surface area (Å²) >= 11 is 0.